The molecule has 1 heterocycles. The van der Waals surface area contributed by atoms with Gasteiger partial charge in [0.05, 0.1) is 0 Å². The van der Waals surface area contributed by atoms with Crippen LogP contribution in [-0.2, 0) is 6.54 Å². The zero-order chi connectivity index (χ0) is 12.3. The minimum absolute atomic E-state index is 0.545. The summed E-state index contributed by atoms with van der Waals surface area (Å²) in [6.45, 7) is 4.71. The van der Waals surface area contributed by atoms with E-state index in [-0.39, 0.29) is 0 Å². The van der Waals surface area contributed by atoms with Gasteiger partial charge in [0.25, 0.3) is 0 Å². The Balaban J connectivity index is 2.21. The van der Waals surface area contributed by atoms with E-state index in [2.05, 4.69) is 49.2 Å². The summed E-state index contributed by atoms with van der Waals surface area (Å²) in [5.41, 5.74) is 9.13. The summed E-state index contributed by atoms with van der Waals surface area (Å²) < 4.78 is 0. The fraction of sp³-hybridized carbons (Fsp3) is 0.214. The molecule has 0 spiro atoms. The first-order valence-electron chi connectivity index (χ1n) is 5.59. The van der Waals surface area contributed by atoms with Crippen LogP contribution in [0.5, 0.6) is 0 Å². The third-order valence-electron chi connectivity index (χ3n) is 2.56. The van der Waals surface area contributed by atoms with Crippen molar-refractivity contribution in [1.29, 1.82) is 0 Å². The minimum atomic E-state index is 0.545. The topological polar surface area (TPSA) is 38.9 Å². The SMILES string of the molecule is Cc1ccc(Sc2ncc(CN)cc2C)cc1. The van der Waals surface area contributed by atoms with Crippen LogP contribution in [0.2, 0.25) is 0 Å². The van der Waals surface area contributed by atoms with Gasteiger partial charge in [-0.15, -0.1) is 0 Å². The molecular weight excluding hydrogens is 228 g/mol. The number of pyridine rings is 1. The molecule has 0 fully saturated rings. The van der Waals surface area contributed by atoms with Crippen molar-refractivity contribution in [1.82, 2.24) is 4.98 Å². The van der Waals surface area contributed by atoms with Crippen molar-refractivity contribution < 1.29 is 0 Å². The van der Waals surface area contributed by atoms with Crippen molar-refractivity contribution in [3.63, 3.8) is 0 Å². The zero-order valence-electron chi connectivity index (χ0n) is 10.1. The lowest BCUT2D eigenvalue weighted by Gasteiger charge is -2.06. The van der Waals surface area contributed by atoms with Gasteiger partial charge in [0.2, 0.25) is 0 Å². The highest BCUT2D eigenvalue weighted by atomic mass is 32.2. The molecule has 2 N–H and O–H groups in total. The predicted octanol–water partition coefficient (Wildman–Crippen LogP) is 3.31. The second-order valence-corrected chi connectivity index (χ2v) is 5.15. The Labute approximate surface area is 106 Å². The van der Waals surface area contributed by atoms with Crippen LogP contribution in [0.15, 0.2) is 46.5 Å². The van der Waals surface area contributed by atoms with Gasteiger partial charge in [-0.05, 0) is 37.1 Å². The Kier molecular flexibility index (Phi) is 3.82. The van der Waals surface area contributed by atoms with Crippen LogP contribution >= 0.6 is 11.8 Å². The van der Waals surface area contributed by atoms with Gasteiger partial charge in [0.1, 0.15) is 5.03 Å². The average molecular weight is 244 g/mol. The molecule has 1 aromatic heterocycles. The van der Waals surface area contributed by atoms with Gasteiger partial charge in [-0.2, -0.15) is 0 Å². The summed E-state index contributed by atoms with van der Waals surface area (Å²) in [6, 6.07) is 10.6. The quantitative estimate of drug-likeness (QED) is 0.900. The Hall–Kier alpha value is -1.32. The van der Waals surface area contributed by atoms with Crippen LogP contribution in [0.25, 0.3) is 0 Å². The lowest BCUT2D eigenvalue weighted by atomic mass is 10.2. The van der Waals surface area contributed by atoms with Gasteiger partial charge in [-0.25, -0.2) is 4.98 Å². The summed E-state index contributed by atoms with van der Waals surface area (Å²) >= 11 is 1.69. The van der Waals surface area contributed by atoms with Crippen molar-refractivity contribution in [2.24, 2.45) is 5.73 Å². The lowest BCUT2D eigenvalue weighted by Crippen LogP contribution is -1.98. The number of rotatable bonds is 3. The van der Waals surface area contributed by atoms with Gasteiger partial charge in [0.15, 0.2) is 0 Å². The molecule has 0 radical (unpaired) electrons. The molecule has 0 unspecified atom stereocenters. The maximum Gasteiger partial charge on any atom is 0.104 e. The maximum atomic E-state index is 5.59. The van der Waals surface area contributed by atoms with Crippen LogP contribution in [-0.4, -0.2) is 4.98 Å². The highest BCUT2D eigenvalue weighted by molar-refractivity contribution is 7.99. The highest BCUT2D eigenvalue weighted by Gasteiger charge is 2.03. The Morgan fingerprint density at radius 1 is 1.18 bits per heavy atom. The third kappa shape index (κ3) is 3.08. The third-order valence-corrected chi connectivity index (χ3v) is 3.69. The average Bonchev–Trinajstić information content (AvgIpc) is 2.34. The van der Waals surface area contributed by atoms with E-state index in [1.165, 1.54) is 16.0 Å². The van der Waals surface area contributed by atoms with E-state index in [1.807, 2.05) is 6.20 Å². The lowest BCUT2D eigenvalue weighted by molar-refractivity contribution is 0.988. The molecule has 2 rings (SSSR count). The van der Waals surface area contributed by atoms with E-state index in [4.69, 9.17) is 5.73 Å². The number of hydrogen-bond acceptors (Lipinski definition) is 3. The molecule has 0 saturated carbocycles. The smallest absolute Gasteiger partial charge is 0.104 e. The predicted molar refractivity (Wildman–Crippen MR) is 72.2 cm³/mol. The monoisotopic (exact) mass is 244 g/mol. The Bertz CT molecular complexity index is 506. The van der Waals surface area contributed by atoms with Crippen molar-refractivity contribution >= 4 is 11.8 Å². The summed E-state index contributed by atoms with van der Waals surface area (Å²) in [4.78, 5) is 5.66. The molecule has 0 amide bonds. The summed E-state index contributed by atoms with van der Waals surface area (Å²) in [7, 11) is 0. The number of nitrogens with two attached hydrogens (primary N) is 1. The molecule has 1 aromatic carbocycles. The molecule has 0 atom stereocenters. The molecular formula is C14H16N2S. The zero-order valence-corrected chi connectivity index (χ0v) is 10.9. The van der Waals surface area contributed by atoms with Crippen LogP contribution in [0.1, 0.15) is 16.7 Å². The van der Waals surface area contributed by atoms with E-state index >= 15 is 0 Å². The van der Waals surface area contributed by atoms with Crippen LogP contribution in [0, 0.1) is 13.8 Å². The fourth-order valence-corrected chi connectivity index (χ4v) is 2.38. The van der Waals surface area contributed by atoms with Crippen molar-refractivity contribution in [3.8, 4) is 0 Å². The molecule has 2 nitrogen and oxygen atoms in total. The van der Waals surface area contributed by atoms with E-state index < -0.39 is 0 Å². The molecule has 2 aromatic rings. The van der Waals surface area contributed by atoms with Crippen LogP contribution < -0.4 is 5.73 Å². The molecule has 0 aliphatic heterocycles. The van der Waals surface area contributed by atoms with Crippen LogP contribution in [0.3, 0.4) is 0 Å². The molecule has 0 aliphatic rings. The summed E-state index contributed by atoms with van der Waals surface area (Å²) in [5, 5.41) is 1.05. The Morgan fingerprint density at radius 2 is 1.88 bits per heavy atom. The molecule has 88 valence electrons. The largest absolute Gasteiger partial charge is 0.326 e. The molecule has 17 heavy (non-hydrogen) atoms. The first kappa shape index (κ1) is 12.1. The molecule has 3 heteroatoms. The molecule has 0 saturated heterocycles. The molecule has 0 aliphatic carbocycles. The van der Waals surface area contributed by atoms with Crippen LogP contribution in [0.4, 0.5) is 0 Å². The Morgan fingerprint density at radius 3 is 2.47 bits per heavy atom. The second kappa shape index (κ2) is 5.34. The first-order valence-corrected chi connectivity index (χ1v) is 6.41. The van der Waals surface area contributed by atoms with Crippen molar-refractivity contribution in [3.05, 3.63) is 53.2 Å². The van der Waals surface area contributed by atoms with Gasteiger partial charge in [-0.1, -0.05) is 35.5 Å². The van der Waals surface area contributed by atoms with Gasteiger partial charge in [-0.3, -0.25) is 0 Å². The fourth-order valence-electron chi connectivity index (χ4n) is 1.56. The van der Waals surface area contributed by atoms with E-state index in [0.717, 1.165) is 10.6 Å². The number of nitrogens with zero attached hydrogens (tertiary/aromatic N) is 1. The number of benzene rings is 1. The standard InChI is InChI=1S/C14H16N2S/c1-10-3-5-13(6-4-10)17-14-11(2)7-12(8-15)9-16-14/h3-7,9H,8,15H2,1-2H3. The first-order chi connectivity index (χ1) is 8.19. The number of aryl methyl sites for hydroxylation is 2. The normalized spacial score (nSPS) is 10.5. The van der Waals surface area contributed by atoms with Crippen molar-refractivity contribution in [2.75, 3.05) is 0 Å². The second-order valence-electron chi connectivity index (χ2n) is 4.08. The van der Waals surface area contributed by atoms with E-state index in [0.29, 0.717) is 6.54 Å². The van der Waals surface area contributed by atoms with Crippen molar-refractivity contribution in [2.45, 2.75) is 30.3 Å². The molecule has 0 bridgehead atoms. The van der Waals surface area contributed by atoms with Gasteiger partial charge in [0, 0.05) is 17.6 Å². The maximum absolute atomic E-state index is 5.59. The number of aromatic nitrogens is 1. The minimum Gasteiger partial charge on any atom is -0.326 e. The van der Waals surface area contributed by atoms with E-state index in [1.54, 1.807) is 11.8 Å². The summed E-state index contributed by atoms with van der Waals surface area (Å²) in [5.74, 6) is 0. The summed E-state index contributed by atoms with van der Waals surface area (Å²) in [6.07, 6.45) is 1.85. The van der Waals surface area contributed by atoms with Gasteiger partial charge < -0.3 is 5.73 Å². The van der Waals surface area contributed by atoms with E-state index in [9.17, 15) is 0 Å². The highest BCUT2D eigenvalue weighted by Crippen LogP contribution is 2.28. The number of hydrogen-bond donors (Lipinski definition) is 1. The van der Waals surface area contributed by atoms with Gasteiger partial charge >= 0.3 is 0 Å².